The normalized spacial score (nSPS) is 24.6. The van der Waals surface area contributed by atoms with Crippen LogP contribution in [0.3, 0.4) is 0 Å². The van der Waals surface area contributed by atoms with Crippen molar-refractivity contribution in [2.24, 2.45) is 5.92 Å². The van der Waals surface area contributed by atoms with Gasteiger partial charge in [0.25, 0.3) is 0 Å². The van der Waals surface area contributed by atoms with Gasteiger partial charge in [0.2, 0.25) is 0 Å². The number of rotatable bonds is 2. The summed E-state index contributed by atoms with van der Waals surface area (Å²) in [6.07, 6.45) is 5.67. The molecule has 4 rings (SSSR count). The van der Waals surface area contributed by atoms with E-state index in [2.05, 4.69) is 55.6 Å². The van der Waals surface area contributed by atoms with Crippen LogP contribution in [0.15, 0.2) is 48.6 Å². The maximum atomic E-state index is 6.51. The number of hydrogen-bond acceptors (Lipinski definition) is 1. The van der Waals surface area contributed by atoms with Crippen molar-refractivity contribution in [1.29, 1.82) is 0 Å². The fourth-order valence-electron chi connectivity index (χ4n) is 4.06. The van der Waals surface area contributed by atoms with E-state index in [1.54, 1.807) is 0 Å². The number of benzene rings is 2. The summed E-state index contributed by atoms with van der Waals surface area (Å²) >= 11 is 12.7. The van der Waals surface area contributed by atoms with Crippen molar-refractivity contribution in [2.45, 2.75) is 38.1 Å². The monoisotopic (exact) mass is 357 g/mol. The molecule has 0 bridgehead atoms. The molecule has 124 valence electrons. The predicted octanol–water partition coefficient (Wildman–Crippen LogP) is 6.94. The van der Waals surface area contributed by atoms with E-state index in [9.17, 15) is 0 Å². The summed E-state index contributed by atoms with van der Waals surface area (Å²) in [6, 6.07) is 13.2. The van der Waals surface area contributed by atoms with Gasteiger partial charge >= 0.3 is 0 Å². The molecule has 2 aliphatic rings. The highest BCUT2D eigenvalue weighted by Crippen LogP contribution is 2.52. The minimum Gasteiger partial charge on any atom is -0.378 e. The van der Waals surface area contributed by atoms with Crippen LogP contribution in [0.4, 0.5) is 5.69 Å². The van der Waals surface area contributed by atoms with Crippen LogP contribution in [0.1, 0.15) is 54.8 Å². The lowest BCUT2D eigenvalue weighted by Gasteiger charge is -2.38. The highest BCUT2D eigenvalue weighted by Gasteiger charge is 2.39. The maximum absolute atomic E-state index is 6.51. The van der Waals surface area contributed by atoms with Crippen LogP contribution in [0.2, 0.25) is 10.0 Å². The fraction of sp³-hybridized carbons (Fsp3) is 0.333. The van der Waals surface area contributed by atoms with Gasteiger partial charge in [-0.3, -0.25) is 0 Å². The molecule has 0 saturated heterocycles. The molecule has 0 saturated carbocycles. The predicted molar refractivity (Wildman–Crippen MR) is 103 cm³/mol. The Morgan fingerprint density at radius 3 is 2.54 bits per heavy atom. The SMILES string of the molecule is CC(C)c1ccc([C@@H]2Nc3cc(Cl)cc(Cl)c3[C@@H]3C=CC[C@@H]32)cc1. The van der Waals surface area contributed by atoms with Crippen LogP contribution in [0.25, 0.3) is 0 Å². The summed E-state index contributed by atoms with van der Waals surface area (Å²) in [5, 5.41) is 5.15. The van der Waals surface area contributed by atoms with Crippen LogP contribution in [0.5, 0.6) is 0 Å². The number of allylic oxidation sites excluding steroid dienone is 2. The Hall–Kier alpha value is -1.44. The first-order chi connectivity index (χ1) is 11.5. The molecule has 1 nitrogen and oxygen atoms in total. The maximum Gasteiger partial charge on any atom is 0.0553 e. The molecule has 0 aromatic heterocycles. The first-order valence-electron chi connectivity index (χ1n) is 8.56. The Morgan fingerprint density at radius 1 is 1.08 bits per heavy atom. The first-order valence-corrected chi connectivity index (χ1v) is 9.32. The third-order valence-corrected chi connectivity index (χ3v) is 5.87. The van der Waals surface area contributed by atoms with Crippen LogP contribution in [-0.4, -0.2) is 0 Å². The lowest BCUT2D eigenvalue weighted by atomic mass is 9.77. The van der Waals surface area contributed by atoms with Gasteiger partial charge in [-0.15, -0.1) is 0 Å². The van der Waals surface area contributed by atoms with Gasteiger partial charge in [0.1, 0.15) is 0 Å². The zero-order valence-corrected chi connectivity index (χ0v) is 15.4. The van der Waals surface area contributed by atoms with Gasteiger partial charge in [0.05, 0.1) is 6.04 Å². The molecule has 3 heteroatoms. The summed E-state index contributed by atoms with van der Waals surface area (Å²) in [4.78, 5) is 0. The standard InChI is InChI=1S/C21H21Cl2N/c1-12(2)13-6-8-14(9-7-13)21-17-5-3-4-16(17)20-18(23)10-15(22)11-19(20)24-21/h3-4,6-12,16-17,21,24H,5H2,1-2H3/t16-,17+,21+/m1/s1. The molecule has 1 heterocycles. The van der Waals surface area contributed by atoms with Gasteiger partial charge in [-0.25, -0.2) is 0 Å². The molecule has 0 spiro atoms. The molecule has 1 aliphatic heterocycles. The Bertz CT molecular complexity index is 792. The Kier molecular flexibility index (Phi) is 4.10. The second kappa shape index (κ2) is 6.13. The average Bonchev–Trinajstić information content (AvgIpc) is 3.02. The zero-order chi connectivity index (χ0) is 16.8. The van der Waals surface area contributed by atoms with Crippen molar-refractivity contribution < 1.29 is 0 Å². The van der Waals surface area contributed by atoms with Crippen molar-refractivity contribution >= 4 is 28.9 Å². The summed E-state index contributed by atoms with van der Waals surface area (Å²) < 4.78 is 0. The quantitative estimate of drug-likeness (QED) is 0.573. The van der Waals surface area contributed by atoms with Crippen LogP contribution >= 0.6 is 23.2 Å². The molecular weight excluding hydrogens is 337 g/mol. The van der Waals surface area contributed by atoms with Crippen molar-refractivity contribution in [1.82, 2.24) is 0 Å². The molecule has 1 N–H and O–H groups in total. The van der Waals surface area contributed by atoms with E-state index in [1.165, 1.54) is 16.7 Å². The molecule has 0 unspecified atom stereocenters. The topological polar surface area (TPSA) is 12.0 Å². The van der Waals surface area contributed by atoms with E-state index >= 15 is 0 Å². The summed E-state index contributed by atoms with van der Waals surface area (Å²) in [5.74, 6) is 1.42. The van der Waals surface area contributed by atoms with E-state index in [0.717, 1.165) is 17.1 Å². The van der Waals surface area contributed by atoms with Crippen molar-refractivity contribution in [3.63, 3.8) is 0 Å². The smallest absolute Gasteiger partial charge is 0.0553 e. The first kappa shape index (κ1) is 16.1. The molecule has 0 amide bonds. The highest BCUT2D eigenvalue weighted by atomic mass is 35.5. The molecule has 24 heavy (non-hydrogen) atoms. The molecule has 2 aromatic carbocycles. The van der Waals surface area contributed by atoms with E-state index < -0.39 is 0 Å². The lowest BCUT2D eigenvalue weighted by Crippen LogP contribution is -2.29. The van der Waals surface area contributed by atoms with Crippen molar-refractivity contribution in [3.05, 3.63) is 75.3 Å². The van der Waals surface area contributed by atoms with Gasteiger partial charge < -0.3 is 5.32 Å². The minimum absolute atomic E-state index is 0.285. The van der Waals surface area contributed by atoms with Gasteiger partial charge in [0, 0.05) is 27.2 Å². The van der Waals surface area contributed by atoms with E-state index in [4.69, 9.17) is 23.2 Å². The van der Waals surface area contributed by atoms with Crippen LogP contribution < -0.4 is 5.32 Å². The average molecular weight is 358 g/mol. The van der Waals surface area contributed by atoms with Crippen LogP contribution in [-0.2, 0) is 0 Å². The Labute approximate surface area is 153 Å². The van der Waals surface area contributed by atoms with Crippen molar-refractivity contribution in [2.75, 3.05) is 5.32 Å². The lowest BCUT2D eigenvalue weighted by molar-refractivity contribution is 0.425. The van der Waals surface area contributed by atoms with Gasteiger partial charge in [-0.05, 0) is 41.5 Å². The summed E-state index contributed by atoms with van der Waals surface area (Å²) in [7, 11) is 0. The molecule has 2 aromatic rings. The third kappa shape index (κ3) is 2.64. The molecule has 0 fully saturated rings. The molecule has 3 atom stereocenters. The number of fused-ring (bicyclic) bond motifs is 3. The number of nitrogens with one attached hydrogen (secondary N) is 1. The summed E-state index contributed by atoms with van der Waals surface area (Å²) in [5.41, 5.74) is 4.97. The van der Waals surface area contributed by atoms with Crippen LogP contribution in [0, 0.1) is 5.92 Å². The number of anilines is 1. The zero-order valence-electron chi connectivity index (χ0n) is 13.9. The Morgan fingerprint density at radius 2 is 1.83 bits per heavy atom. The highest BCUT2D eigenvalue weighted by molar-refractivity contribution is 6.35. The Balaban J connectivity index is 1.75. The molecular formula is C21H21Cl2N. The molecule has 0 radical (unpaired) electrons. The van der Waals surface area contributed by atoms with Gasteiger partial charge in [-0.1, -0.05) is 73.5 Å². The number of halogens is 2. The number of hydrogen-bond donors (Lipinski definition) is 1. The van der Waals surface area contributed by atoms with Gasteiger partial charge in [-0.2, -0.15) is 0 Å². The second-order valence-corrected chi connectivity index (χ2v) is 7.99. The second-order valence-electron chi connectivity index (χ2n) is 7.15. The third-order valence-electron chi connectivity index (χ3n) is 5.34. The van der Waals surface area contributed by atoms with Crippen molar-refractivity contribution in [3.8, 4) is 0 Å². The summed E-state index contributed by atoms with van der Waals surface area (Å²) in [6.45, 7) is 4.45. The fourth-order valence-corrected chi connectivity index (χ4v) is 4.68. The van der Waals surface area contributed by atoms with Gasteiger partial charge in [0.15, 0.2) is 0 Å². The van der Waals surface area contributed by atoms with E-state index in [1.807, 2.05) is 12.1 Å². The minimum atomic E-state index is 0.285. The largest absolute Gasteiger partial charge is 0.378 e. The molecule has 1 aliphatic carbocycles. The van der Waals surface area contributed by atoms with E-state index in [0.29, 0.717) is 22.8 Å². The van der Waals surface area contributed by atoms with E-state index in [-0.39, 0.29) is 6.04 Å².